The monoisotopic (exact) mass is 430 g/mol. The minimum atomic E-state index is -0.381. The van der Waals surface area contributed by atoms with Gasteiger partial charge in [-0.05, 0) is 47.7 Å². The average Bonchev–Trinajstić information content (AvgIpc) is 2.75. The second kappa shape index (κ2) is 12.4. The molecule has 0 spiro atoms. The zero-order valence-corrected chi connectivity index (χ0v) is 18.8. The number of esters is 2. The highest BCUT2D eigenvalue weighted by atomic mass is 35.5. The van der Waals surface area contributed by atoms with E-state index in [1.165, 1.54) is 0 Å². The van der Waals surface area contributed by atoms with Gasteiger partial charge in [-0.25, -0.2) is 4.79 Å². The van der Waals surface area contributed by atoms with Crippen molar-refractivity contribution in [2.45, 2.75) is 58.3 Å². The first-order chi connectivity index (χ1) is 14.4. The molecule has 0 aromatic heterocycles. The third-order valence-corrected chi connectivity index (χ3v) is 5.50. The zero-order chi connectivity index (χ0) is 21.9. The summed E-state index contributed by atoms with van der Waals surface area (Å²) in [5.74, 6) is 0.206. The maximum atomic E-state index is 12.1. The molecule has 0 N–H and O–H groups in total. The van der Waals surface area contributed by atoms with Gasteiger partial charge in [-0.3, -0.25) is 4.79 Å². The molecule has 0 amide bonds. The van der Waals surface area contributed by atoms with Crippen LogP contribution >= 0.6 is 11.6 Å². The van der Waals surface area contributed by atoms with E-state index in [1.807, 2.05) is 38.1 Å². The van der Waals surface area contributed by atoms with Crippen LogP contribution < -0.4 is 4.74 Å². The Balaban J connectivity index is 1.89. The van der Waals surface area contributed by atoms with Crippen molar-refractivity contribution in [1.82, 2.24) is 0 Å². The molecule has 2 aromatic carbocycles. The van der Waals surface area contributed by atoms with Crippen molar-refractivity contribution in [3.8, 4) is 16.9 Å². The molecular formula is C25H31ClO4. The van der Waals surface area contributed by atoms with Crippen molar-refractivity contribution in [2.75, 3.05) is 6.61 Å². The maximum Gasteiger partial charge on any atom is 0.338 e. The highest BCUT2D eigenvalue weighted by Gasteiger charge is 2.14. The fraction of sp³-hybridized carbons (Fsp3) is 0.440. The molecule has 0 saturated carbocycles. The highest BCUT2D eigenvalue weighted by molar-refractivity contribution is 6.21. The fourth-order valence-corrected chi connectivity index (χ4v) is 2.89. The zero-order valence-electron chi connectivity index (χ0n) is 18.0. The van der Waals surface area contributed by atoms with Crippen LogP contribution in [0.1, 0.15) is 63.2 Å². The van der Waals surface area contributed by atoms with Crippen molar-refractivity contribution in [3.05, 3.63) is 54.1 Å². The first-order valence-electron chi connectivity index (χ1n) is 10.6. The third-order valence-electron chi connectivity index (χ3n) is 4.87. The molecule has 0 aliphatic heterocycles. The van der Waals surface area contributed by atoms with Gasteiger partial charge >= 0.3 is 11.9 Å². The Labute approximate surface area is 184 Å². The molecule has 30 heavy (non-hydrogen) atoms. The highest BCUT2D eigenvalue weighted by Crippen LogP contribution is 2.23. The summed E-state index contributed by atoms with van der Waals surface area (Å²) in [6.07, 6.45) is 4.65. The lowest BCUT2D eigenvalue weighted by molar-refractivity contribution is -0.134. The van der Waals surface area contributed by atoms with Crippen LogP contribution in [0.4, 0.5) is 0 Å². The molecule has 1 unspecified atom stereocenters. The predicted molar refractivity (Wildman–Crippen MR) is 121 cm³/mol. The summed E-state index contributed by atoms with van der Waals surface area (Å²) in [6.45, 7) is 6.31. The average molecular weight is 431 g/mol. The Kier molecular flexibility index (Phi) is 9.88. The number of alkyl halides is 1. The van der Waals surface area contributed by atoms with Gasteiger partial charge < -0.3 is 9.47 Å². The standard InChI is InChI=1S/C25H31ClO4/c1-4-5-6-7-8-24(27)30-22-15-13-20(14-16-22)19-9-11-21(12-10-19)25(28)29-17-23(26)18(2)3/h9-16,18,23H,4-8,17H2,1-3H3. The number of ether oxygens (including phenoxy) is 2. The van der Waals surface area contributed by atoms with E-state index in [9.17, 15) is 9.59 Å². The Bertz CT molecular complexity index is 797. The number of carbonyl (C=O) groups is 2. The summed E-state index contributed by atoms with van der Waals surface area (Å²) in [6, 6.07) is 14.6. The number of hydrogen-bond acceptors (Lipinski definition) is 4. The van der Waals surface area contributed by atoms with Gasteiger partial charge in [0.05, 0.1) is 10.9 Å². The Hall–Kier alpha value is -2.33. The lowest BCUT2D eigenvalue weighted by atomic mass is 10.0. The molecule has 0 aliphatic rings. The molecule has 0 fully saturated rings. The van der Waals surface area contributed by atoms with E-state index in [4.69, 9.17) is 21.1 Å². The van der Waals surface area contributed by atoms with Crippen LogP contribution in [0.2, 0.25) is 0 Å². The summed E-state index contributed by atoms with van der Waals surface area (Å²) < 4.78 is 10.7. The van der Waals surface area contributed by atoms with Gasteiger partial charge in [-0.15, -0.1) is 11.6 Å². The van der Waals surface area contributed by atoms with Gasteiger partial charge in [0, 0.05) is 6.42 Å². The minimum Gasteiger partial charge on any atom is -0.461 e. The first-order valence-corrected chi connectivity index (χ1v) is 11.1. The predicted octanol–water partition coefficient (Wildman–Crippen LogP) is 6.65. The van der Waals surface area contributed by atoms with Crippen molar-refractivity contribution >= 4 is 23.5 Å². The van der Waals surface area contributed by atoms with E-state index in [0.717, 1.165) is 36.8 Å². The lowest BCUT2D eigenvalue weighted by Gasteiger charge is -2.13. The molecular weight excluding hydrogens is 400 g/mol. The van der Waals surface area contributed by atoms with Crippen molar-refractivity contribution < 1.29 is 19.1 Å². The largest absolute Gasteiger partial charge is 0.461 e. The van der Waals surface area contributed by atoms with Gasteiger partial charge in [0.1, 0.15) is 12.4 Å². The molecule has 0 aliphatic carbocycles. The second-order valence-corrected chi connectivity index (χ2v) is 8.31. The van der Waals surface area contributed by atoms with E-state index in [0.29, 0.717) is 17.7 Å². The van der Waals surface area contributed by atoms with E-state index in [2.05, 4.69) is 6.92 Å². The number of benzene rings is 2. The maximum absolute atomic E-state index is 12.1. The summed E-state index contributed by atoms with van der Waals surface area (Å²) in [5.41, 5.74) is 2.42. The van der Waals surface area contributed by atoms with E-state index >= 15 is 0 Å². The molecule has 4 nitrogen and oxygen atoms in total. The summed E-state index contributed by atoms with van der Waals surface area (Å²) >= 11 is 6.13. The molecule has 2 rings (SSSR count). The van der Waals surface area contributed by atoms with E-state index < -0.39 is 0 Å². The number of hydrogen-bond donors (Lipinski definition) is 0. The minimum absolute atomic E-state index is 0.193. The Morgan fingerprint density at radius 3 is 2.07 bits per heavy atom. The number of unbranched alkanes of at least 4 members (excludes halogenated alkanes) is 3. The molecule has 0 heterocycles. The SMILES string of the molecule is CCCCCCC(=O)Oc1ccc(-c2ccc(C(=O)OCC(Cl)C(C)C)cc2)cc1. The second-order valence-electron chi connectivity index (χ2n) is 7.74. The lowest BCUT2D eigenvalue weighted by Crippen LogP contribution is -2.18. The molecule has 0 saturated heterocycles. The van der Waals surface area contributed by atoms with Crippen LogP contribution in [0.25, 0.3) is 11.1 Å². The van der Waals surface area contributed by atoms with Gasteiger partial charge in [0.15, 0.2) is 0 Å². The number of carbonyl (C=O) groups excluding carboxylic acids is 2. The molecule has 0 radical (unpaired) electrons. The van der Waals surface area contributed by atoms with Crippen LogP contribution in [0.5, 0.6) is 5.75 Å². The van der Waals surface area contributed by atoms with Crippen LogP contribution in [-0.2, 0) is 9.53 Å². The smallest absolute Gasteiger partial charge is 0.338 e. The summed E-state index contributed by atoms with van der Waals surface area (Å²) in [5, 5.41) is -0.197. The molecule has 1 atom stereocenters. The first kappa shape index (κ1) is 23.9. The van der Waals surface area contributed by atoms with Crippen LogP contribution in [0.3, 0.4) is 0 Å². The normalized spacial score (nSPS) is 11.9. The quantitative estimate of drug-likeness (QED) is 0.173. The van der Waals surface area contributed by atoms with Gasteiger partial charge in [-0.2, -0.15) is 0 Å². The van der Waals surface area contributed by atoms with Crippen LogP contribution in [0.15, 0.2) is 48.5 Å². The van der Waals surface area contributed by atoms with E-state index in [-0.39, 0.29) is 29.8 Å². The van der Waals surface area contributed by atoms with Gasteiger partial charge in [0.25, 0.3) is 0 Å². The van der Waals surface area contributed by atoms with Crippen LogP contribution in [0, 0.1) is 5.92 Å². The topological polar surface area (TPSA) is 52.6 Å². The molecule has 162 valence electrons. The number of halogens is 1. The van der Waals surface area contributed by atoms with E-state index in [1.54, 1.807) is 24.3 Å². The third kappa shape index (κ3) is 7.83. The molecule has 2 aromatic rings. The fourth-order valence-electron chi connectivity index (χ4n) is 2.82. The summed E-state index contributed by atoms with van der Waals surface area (Å²) in [4.78, 5) is 24.0. The van der Waals surface area contributed by atoms with Crippen molar-refractivity contribution in [3.63, 3.8) is 0 Å². The van der Waals surface area contributed by atoms with Gasteiger partial charge in [-0.1, -0.05) is 64.3 Å². The van der Waals surface area contributed by atoms with Gasteiger partial charge in [0.2, 0.25) is 0 Å². The Morgan fingerprint density at radius 1 is 0.900 bits per heavy atom. The summed E-state index contributed by atoms with van der Waals surface area (Å²) in [7, 11) is 0. The molecule has 5 heteroatoms. The van der Waals surface area contributed by atoms with Crippen molar-refractivity contribution in [2.24, 2.45) is 5.92 Å². The number of rotatable bonds is 11. The van der Waals surface area contributed by atoms with Crippen LogP contribution in [-0.4, -0.2) is 23.9 Å². The molecule has 0 bridgehead atoms. The van der Waals surface area contributed by atoms with Crippen molar-refractivity contribution in [1.29, 1.82) is 0 Å². The Morgan fingerprint density at radius 2 is 1.50 bits per heavy atom.